The Morgan fingerprint density at radius 3 is 2.48 bits per heavy atom. The lowest BCUT2D eigenvalue weighted by Gasteiger charge is -2.38. The Balaban J connectivity index is 1.87. The molecular weight excluding hydrogens is 262 g/mol. The molecule has 0 spiro atoms. The topological polar surface area (TPSA) is 45.7 Å². The van der Waals surface area contributed by atoms with E-state index in [1.165, 1.54) is 11.1 Å². The SMILES string of the molecule is CCc1ccc(C(C)NC(=NC)NCC2(C)COC2)cc1. The van der Waals surface area contributed by atoms with E-state index in [0.29, 0.717) is 0 Å². The van der Waals surface area contributed by atoms with E-state index in [-0.39, 0.29) is 11.5 Å². The molecule has 2 N–H and O–H groups in total. The second-order valence-corrected chi connectivity index (χ2v) is 6.19. The number of guanidine groups is 1. The van der Waals surface area contributed by atoms with Gasteiger partial charge >= 0.3 is 0 Å². The van der Waals surface area contributed by atoms with E-state index >= 15 is 0 Å². The first-order valence-corrected chi connectivity index (χ1v) is 7.70. The number of aryl methyl sites for hydroxylation is 1. The van der Waals surface area contributed by atoms with Crippen molar-refractivity contribution in [3.8, 4) is 0 Å². The third-order valence-corrected chi connectivity index (χ3v) is 4.05. The highest BCUT2D eigenvalue weighted by Gasteiger charge is 2.33. The van der Waals surface area contributed by atoms with Crippen LogP contribution in [0.2, 0.25) is 0 Å². The van der Waals surface area contributed by atoms with Gasteiger partial charge in [0.25, 0.3) is 0 Å². The van der Waals surface area contributed by atoms with Crippen molar-refractivity contribution in [2.75, 3.05) is 26.8 Å². The molecule has 0 saturated carbocycles. The van der Waals surface area contributed by atoms with Gasteiger partial charge in [0, 0.05) is 19.0 Å². The average molecular weight is 289 g/mol. The maximum absolute atomic E-state index is 5.28. The zero-order valence-electron chi connectivity index (χ0n) is 13.6. The molecule has 1 aliphatic heterocycles. The van der Waals surface area contributed by atoms with Crippen molar-refractivity contribution in [1.29, 1.82) is 0 Å². The van der Waals surface area contributed by atoms with Crippen LogP contribution < -0.4 is 10.6 Å². The van der Waals surface area contributed by atoms with Crippen LogP contribution in [-0.2, 0) is 11.2 Å². The van der Waals surface area contributed by atoms with Crippen LogP contribution in [0.1, 0.15) is 37.9 Å². The smallest absolute Gasteiger partial charge is 0.191 e. The Morgan fingerprint density at radius 1 is 1.33 bits per heavy atom. The summed E-state index contributed by atoms with van der Waals surface area (Å²) in [4.78, 5) is 4.30. The maximum Gasteiger partial charge on any atom is 0.191 e. The van der Waals surface area contributed by atoms with Gasteiger partial charge in [0.15, 0.2) is 5.96 Å². The third-order valence-electron chi connectivity index (χ3n) is 4.05. The van der Waals surface area contributed by atoms with Crippen molar-refractivity contribution in [3.05, 3.63) is 35.4 Å². The number of nitrogens with zero attached hydrogens (tertiary/aromatic N) is 1. The molecule has 1 aliphatic rings. The molecule has 0 bridgehead atoms. The maximum atomic E-state index is 5.28. The number of aliphatic imine (C=N–C) groups is 1. The third kappa shape index (κ3) is 4.21. The molecule has 1 heterocycles. The van der Waals surface area contributed by atoms with Gasteiger partial charge < -0.3 is 15.4 Å². The van der Waals surface area contributed by atoms with Gasteiger partial charge in [-0.1, -0.05) is 38.1 Å². The quantitative estimate of drug-likeness (QED) is 0.647. The summed E-state index contributed by atoms with van der Waals surface area (Å²) < 4.78 is 5.28. The van der Waals surface area contributed by atoms with Crippen molar-refractivity contribution in [1.82, 2.24) is 10.6 Å². The molecule has 4 nitrogen and oxygen atoms in total. The van der Waals surface area contributed by atoms with Crippen molar-refractivity contribution >= 4 is 5.96 Å². The fraction of sp³-hybridized carbons (Fsp3) is 0.588. The Bertz CT molecular complexity index is 477. The predicted molar refractivity (Wildman–Crippen MR) is 87.7 cm³/mol. The number of hydrogen-bond acceptors (Lipinski definition) is 2. The van der Waals surface area contributed by atoms with Gasteiger partial charge in [-0.3, -0.25) is 4.99 Å². The normalized spacial score (nSPS) is 18.8. The minimum Gasteiger partial charge on any atom is -0.380 e. The van der Waals surface area contributed by atoms with Gasteiger partial charge in [0.05, 0.1) is 19.3 Å². The minimum atomic E-state index is 0.229. The van der Waals surface area contributed by atoms with E-state index in [0.717, 1.165) is 32.1 Å². The van der Waals surface area contributed by atoms with E-state index < -0.39 is 0 Å². The van der Waals surface area contributed by atoms with Crippen LogP contribution >= 0.6 is 0 Å². The number of hydrogen-bond donors (Lipinski definition) is 2. The molecule has 1 saturated heterocycles. The first-order valence-electron chi connectivity index (χ1n) is 7.70. The first kappa shape index (κ1) is 15.8. The summed E-state index contributed by atoms with van der Waals surface area (Å²) in [6.45, 7) is 9.09. The summed E-state index contributed by atoms with van der Waals surface area (Å²) in [5, 5.41) is 6.83. The summed E-state index contributed by atoms with van der Waals surface area (Å²) in [6.07, 6.45) is 1.08. The Hall–Kier alpha value is -1.55. The fourth-order valence-electron chi connectivity index (χ4n) is 2.37. The molecule has 1 aromatic rings. The summed E-state index contributed by atoms with van der Waals surface area (Å²) in [6, 6.07) is 8.98. The van der Waals surface area contributed by atoms with Crippen LogP contribution in [-0.4, -0.2) is 32.8 Å². The Labute approximate surface area is 128 Å². The predicted octanol–water partition coefficient (Wildman–Crippen LogP) is 2.51. The minimum absolute atomic E-state index is 0.229. The summed E-state index contributed by atoms with van der Waals surface area (Å²) >= 11 is 0. The highest BCUT2D eigenvalue weighted by Crippen LogP contribution is 2.25. The molecule has 0 aromatic heterocycles. The second kappa shape index (κ2) is 6.94. The molecule has 0 aliphatic carbocycles. The van der Waals surface area contributed by atoms with E-state index in [4.69, 9.17) is 4.74 Å². The van der Waals surface area contributed by atoms with Gasteiger partial charge in [0.1, 0.15) is 0 Å². The van der Waals surface area contributed by atoms with Gasteiger partial charge in [-0.05, 0) is 24.5 Å². The zero-order chi connectivity index (χ0) is 15.3. The fourth-order valence-corrected chi connectivity index (χ4v) is 2.37. The molecule has 1 atom stereocenters. The molecule has 4 heteroatoms. The summed E-state index contributed by atoms with van der Waals surface area (Å²) in [5.74, 6) is 0.843. The molecule has 1 unspecified atom stereocenters. The van der Waals surface area contributed by atoms with Crippen molar-refractivity contribution in [3.63, 3.8) is 0 Å². The van der Waals surface area contributed by atoms with Crippen molar-refractivity contribution in [2.24, 2.45) is 10.4 Å². The van der Waals surface area contributed by atoms with Gasteiger partial charge in [-0.2, -0.15) is 0 Å². The largest absolute Gasteiger partial charge is 0.380 e. The van der Waals surface area contributed by atoms with Crippen LogP contribution in [0.4, 0.5) is 0 Å². The molecule has 1 aromatic carbocycles. The van der Waals surface area contributed by atoms with E-state index in [1.54, 1.807) is 0 Å². The highest BCUT2D eigenvalue weighted by atomic mass is 16.5. The van der Waals surface area contributed by atoms with Crippen LogP contribution in [0.25, 0.3) is 0 Å². The van der Waals surface area contributed by atoms with Crippen molar-refractivity contribution < 1.29 is 4.74 Å². The molecule has 2 rings (SSSR count). The van der Waals surface area contributed by atoms with E-state index in [9.17, 15) is 0 Å². The van der Waals surface area contributed by atoms with E-state index in [1.807, 2.05) is 7.05 Å². The van der Waals surface area contributed by atoms with E-state index in [2.05, 4.69) is 60.7 Å². The number of rotatable bonds is 5. The molecule has 0 radical (unpaired) electrons. The number of benzene rings is 1. The lowest BCUT2D eigenvalue weighted by molar-refractivity contribution is -0.0971. The highest BCUT2D eigenvalue weighted by molar-refractivity contribution is 5.80. The molecular formula is C17H27N3O. The molecule has 0 amide bonds. The molecule has 1 fully saturated rings. The van der Waals surface area contributed by atoms with Crippen molar-refractivity contribution in [2.45, 2.75) is 33.2 Å². The Morgan fingerprint density at radius 2 is 2.00 bits per heavy atom. The lowest BCUT2D eigenvalue weighted by atomic mass is 9.89. The zero-order valence-corrected chi connectivity index (χ0v) is 13.6. The summed E-state index contributed by atoms with van der Waals surface area (Å²) in [7, 11) is 1.81. The Kier molecular flexibility index (Phi) is 5.23. The lowest BCUT2D eigenvalue weighted by Crippen LogP contribution is -2.51. The standard InChI is InChI=1S/C17H27N3O/c1-5-14-6-8-15(9-7-14)13(2)20-16(18-4)19-10-17(3)11-21-12-17/h6-9,13H,5,10-12H2,1-4H3,(H2,18,19,20). The van der Waals surface area contributed by atoms with Crippen LogP contribution in [0.3, 0.4) is 0 Å². The average Bonchev–Trinajstić information content (AvgIpc) is 2.49. The first-order chi connectivity index (χ1) is 10.1. The van der Waals surface area contributed by atoms with Gasteiger partial charge in [-0.25, -0.2) is 0 Å². The number of ether oxygens (including phenoxy) is 1. The van der Waals surface area contributed by atoms with Crippen LogP contribution in [0.15, 0.2) is 29.3 Å². The number of nitrogens with one attached hydrogen (secondary N) is 2. The molecule has 21 heavy (non-hydrogen) atoms. The molecule has 116 valence electrons. The van der Waals surface area contributed by atoms with Gasteiger partial charge in [0.2, 0.25) is 0 Å². The van der Waals surface area contributed by atoms with Gasteiger partial charge in [-0.15, -0.1) is 0 Å². The monoisotopic (exact) mass is 289 g/mol. The second-order valence-electron chi connectivity index (χ2n) is 6.19. The van der Waals surface area contributed by atoms with Crippen LogP contribution in [0, 0.1) is 5.41 Å². The summed E-state index contributed by atoms with van der Waals surface area (Å²) in [5.41, 5.74) is 2.88. The van der Waals surface area contributed by atoms with Crippen LogP contribution in [0.5, 0.6) is 0 Å².